The van der Waals surface area contributed by atoms with E-state index in [4.69, 9.17) is 25.2 Å². The lowest BCUT2D eigenvalue weighted by Gasteiger charge is -2.20. The average molecular weight is 336 g/mol. The summed E-state index contributed by atoms with van der Waals surface area (Å²) in [5.41, 5.74) is 0. The molecule has 11 nitrogen and oxygen atoms in total. The third-order valence-corrected chi connectivity index (χ3v) is 2.54. The van der Waals surface area contributed by atoms with Crippen molar-refractivity contribution in [1.29, 1.82) is 0 Å². The van der Waals surface area contributed by atoms with E-state index in [0.29, 0.717) is 0 Å². The van der Waals surface area contributed by atoms with Crippen molar-refractivity contribution in [3.8, 4) is 0 Å². The fraction of sp³-hybridized carbons (Fsp3) is 0.667. The molecule has 0 aliphatic heterocycles. The van der Waals surface area contributed by atoms with Gasteiger partial charge in [-0.2, -0.15) is 0 Å². The highest BCUT2D eigenvalue weighted by Crippen LogP contribution is 1.92. The molecule has 0 heterocycles. The SMILES string of the molecule is O=C(O)CN(CCOCCN(CC(=O)O)CC(=O)O)CC(=O)O. The van der Waals surface area contributed by atoms with E-state index in [0.717, 1.165) is 9.80 Å². The van der Waals surface area contributed by atoms with Gasteiger partial charge in [0.2, 0.25) is 0 Å². The molecular formula is C12H20N2O9. The van der Waals surface area contributed by atoms with Crippen molar-refractivity contribution in [3.05, 3.63) is 0 Å². The number of carbonyl (C=O) groups is 4. The Hall–Kier alpha value is -2.24. The molecule has 0 fully saturated rings. The van der Waals surface area contributed by atoms with E-state index < -0.39 is 50.1 Å². The van der Waals surface area contributed by atoms with Crippen LogP contribution < -0.4 is 0 Å². The van der Waals surface area contributed by atoms with Crippen LogP contribution >= 0.6 is 0 Å². The predicted octanol–water partition coefficient (Wildman–Crippen LogP) is -2.05. The van der Waals surface area contributed by atoms with E-state index in [9.17, 15) is 19.2 Å². The molecule has 0 aliphatic rings. The molecule has 0 aromatic heterocycles. The van der Waals surface area contributed by atoms with E-state index in [1.807, 2.05) is 0 Å². The van der Waals surface area contributed by atoms with Gasteiger partial charge < -0.3 is 25.2 Å². The second-order valence-electron chi connectivity index (χ2n) is 4.61. The minimum atomic E-state index is -1.17. The zero-order valence-electron chi connectivity index (χ0n) is 12.4. The fourth-order valence-electron chi connectivity index (χ4n) is 1.68. The molecule has 0 aromatic rings. The molecule has 132 valence electrons. The van der Waals surface area contributed by atoms with Gasteiger partial charge in [-0.25, -0.2) is 0 Å². The lowest BCUT2D eigenvalue weighted by molar-refractivity contribution is -0.143. The highest BCUT2D eigenvalue weighted by molar-refractivity contribution is 5.73. The minimum absolute atomic E-state index is 0.0363. The van der Waals surface area contributed by atoms with Crippen molar-refractivity contribution in [2.45, 2.75) is 0 Å². The maximum Gasteiger partial charge on any atom is 0.317 e. The molecule has 0 spiro atoms. The highest BCUT2D eigenvalue weighted by atomic mass is 16.5. The van der Waals surface area contributed by atoms with Crippen LogP contribution in [-0.4, -0.2) is 107 Å². The lowest BCUT2D eigenvalue weighted by Crippen LogP contribution is -2.38. The Bertz CT molecular complexity index is 357. The lowest BCUT2D eigenvalue weighted by atomic mass is 10.4. The Morgan fingerprint density at radius 3 is 1.09 bits per heavy atom. The summed E-state index contributed by atoms with van der Waals surface area (Å²) in [4.78, 5) is 44.7. The van der Waals surface area contributed by atoms with E-state index in [-0.39, 0.29) is 26.3 Å². The fourth-order valence-corrected chi connectivity index (χ4v) is 1.68. The number of aliphatic carboxylic acids is 4. The van der Waals surface area contributed by atoms with Crippen LogP contribution in [0.15, 0.2) is 0 Å². The van der Waals surface area contributed by atoms with Gasteiger partial charge in [-0.15, -0.1) is 0 Å². The number of carboxylic acid groups (broad SMARTS) is 4. The van der Waals surface area contributed by atoms with Gasteiger partial charge in [0.05, 0.1) is 39.4 Å². The van der Waals surface area contributed by atoms with Gasteiger partial charge in [-0.05, 0) is 0 Å². The molecule has 0 atom stereocenters. The summed E-state index contributed by atoms with van der Waals surface area (Å²) in [6.45, 7) is -1.57. The van der Waals surface area contributed by atoms with Crippen molar-refractivity contribution in [3.63, 3.8) is 0 Å². The molecular weight excluding hydrogens is 316 g/mol. The first-order valence-electron chi connectivity index (χ1n) is 6.60. The molecule has 0 aromatic carbocycles. The summed E-state index contributed by atoms with van der Waals surface area (Å²) >= 11 is 0. The first kappa shape index (κ1) is 20.8. The Morgan fingerprint density at radius 2 is 0.870 bits per heavy atom. The van der Waals surface area contributed by atoms with Crippen LogP contribution in [0.1, 0.15) is 0 Å². The number of ether oxygens (including phenoxy) is 1. The van der Waals surface area contributed by atoms with E-state index in [2.05, 4.69) is 0 Å². The van der Waals surface area contributed by atoms with Crippen molar-refractivity contribution in [1.82, 2.24) is 9.80 Å². The Morgan fingerprint density at radius 1 is 0.609 bits per heavy atom. The van der Waals surface area contributed by atoms with Crippen LogP contribution in [0.5, 0.6) is 0 Å². The van der Waals surface area contributed by atoms with Crippen LogP contribution in [0, 0.1) is 0 Å². The Kier molecular flexibility index (Phi) is 10.2. The summed E-state index contributed by atoms with van der Waals surface area (Å²) in [5, 5.41) is 34.6. The molecule has 0 bridgehead atoms. The first-order chi connectivity index (χ1) is 10.7. The minimum Gasteiger partial charge on any atom is -0.480 e. The maximum absolute atomic E-state index is 10.6. The molecule has 11 heteroatoms. The number of hydrogen-bond acceptors (Lipinski definition) is 7. The standard InChI is InChI=1S/C12H20N2O9/c15-9(16)5-13(6-10(17)18)1-3-23-4-2-14(7-11(19)20)8-12(21)22/h1-8H2,(H,15,16)(H,17,18)(H,19,20)(H,21,22). The summed E-state index contributed by atoms with van der Waals surface area (Å²) < 4.78 is 5.17. The first-order valence-corrected chi connectivity index (χ1v) is 6.60. The van der Waals surface area contributed by atoms with Crippen LogP contribution in [0.2, 0.25) is 0 Å². The van der Waals surface area contributed by atoms with Crippen molar-refractivity contribution >= 4 is 23.9 Å². The Labute approximate surface area is 131 Å². The average Bonchev–Trinajstić information content (AvgIpc) is 2.34. The van der Waals surface area contributed by atoms with Gasteiger partial charge in [0.1, 0.15) is 0 Å². The zero-order valence-corrected chi connectivity index (χ0v) is 12.4. The molecule has 23 heavy (non-hydrogen) atoms. The van der Waals surface area contributed by atoms with Crippen molar-refractivity contribution < 1.29 is 44.3 Å². The van der Waals surface area contributed by atoms with E-state index >= 15 is 0 Å². The molecule has 0 aliphatic carbocycles. The molecule has 0 radical (unpaired) electrons. The second-order valence-corrected chi connectivity index (χ2v) is 4.61. The van der Waals surface area contributed by atoms with Gasteiger partial charge in [0.15, 0.2) is 0 Å². The largest absolute Gasteiger partial charge is 0.480 e. The maximum atomic E-state index is 10.6. The molecule has 0 rings (SSSR count). The summed E-state index contributed by atoms with van der Waals surface area (Å²) in [7, 11) is 0. The third-order valence-electron chi connectivity index (χ3n) is 2.54. The van der Waals surface area contributed by atoms with Crippen LogP contribution in [0.4, 0.5) is 0 Å². The van der Waals surface area contributed by atoms with Gasteiger partial charge in [-0.3, -0.25) is 29.0 Å². The third kappa shape index (κ3) is 13.2. The van der Waals surface area contributed by atoms with Crippen molar-refractivity contribution in [2.24, 2.45) is 0 Å². The zero-order chi connectivity index (χ0) is 17.8. The van der Waals surface area contributed by atoms with E-state index in [1.165, 1.54) is 0 Å². The molecule has 0 saturated carbocycles. The van der Waals surface area contributed by atoms with Gasteiger partial charge in [-0.1, -0.05) is 0 Å². The van der Waals surface area contributed by atoms with Crippen LogP contribution in [0.25, 0.3) is 0 Å². The monoisotopic (exact) mass is 336 g/mol. The van der Waals surface area contributed by atoms with Gasteiger partial charge >= 0.3 is 23.9 Å². The molecule has 0 amide bonds. The normalized spacial score (nSPS) is 10.9. The van der Waals surface area contributed by atoms with E-state index in [1.54, 1.807) is 0 Å². The summed E-state index contributed by atoms with van der Waals surface area (Å²) in [6.07, 6.45) is 0. The molecule has 0 saturated heterocycles. The molecule has 0 unspecified atom stereocenters. The number of carboxylic acids is 4. The quantitative estimate of drug-likeness (QED) is 0.258. The second kappa shape index (κ2) is 11.3. The summed E-state index contributed by atoms with van der Waals surface area (Å²) in [6, 6.07) is 0. The topological polar surface area (TPSA) is 165 Å². The molecule has 4 N–H and O–H groups in total. The smallest absolute Gasteiger partial charge is 0.317 e. The number of hydrogen-bond donors (Lipinski definition) is 4. The van der Waals surface area contributed by atoms with Crippen LogP contribution in [0.3, 0.4) is 0 Å². The van der Waals surface area contributed by atoms with Crippen molar-refractivity contribution in [2.75, 3.05) is 52.5 Å². The van der Waals surface area contributed by atoms with Gasteiger partial charge in [0, 0.05) is 13.1 Å². The Balaban J connectivity index is 4.09. The number of nitrogens with zero attached hydrogens (tertiary/aromatic N) is 2. The number of rotatable bonds is 14. The van der Waals surface area contributed by atoms with Gasteiger partial charge in [0.25, 0.3) is 0 Å². The highest BCUT2D eigenvalue weighted by Gasteiger charge is 2.14. The summed E-state index contributed by atoms with van der Waals surface area (Å²) in [5.74, 6) is -4.67. The predicted molar refractivity (Wildman–Crippen MR) is 74.2 cm³/mol. The van der Waals surface area contributed by atoms with Crippen LogP contribution in [-0.2, 0) is 23.9 Å².